The van der Waals surface area contributed by atoms with Gasteiger partial charge in [0.05, 0.1) is 6.20 Å². The summed E-state index contributed by atoms with van der Waals surface area (Å²) in [5.41, 5.74) is 1.55. The molecule has 1 amide bonds. The summed E-state index contributed by atoms with van der Waals surface area (Å²) >= 11 is 0. The van der Waals surface area contributed by atoms with E-state index in [1.54, 1.807) is 25.5 Å². The van der Waals surface area contributed by atoms with Crippen molar-refractivity contribution in [2.45, 2.75) is 51.7 Å². The molecule has 8 heteroatoms. The van der Waals surface area contributed by atoms with E-state index in [4.69, 9.17) is 4.42 Å². The number of oxazole rings is 1. The van der Waals surface area contributed by atoms with Gasteiger partial charge in [0.2, 0.25) is 5.91 Å². The lowest BCUT2D eigenvalue weighted by Crippen LogP contribution is -2.47. The van der Waals surface area contributed by atoms with Crippen LogP contribution in [-0.2, 0) is 11.3 Å². The van der Waals surface area contributed by atoms with Gasteiger partial charge in [0, 0.05) is 55.8 Å². The second kappa shape index (κ2) is 8.34. The van der Waals surface area contributed by atoms with Crippen LogP contribution in [-0.4, -0.2) is 45.0 Å². The Balaban J connectivity index is 1.52. The van der Waals surface area contributed by atoms with Crippen molar-refractivity contribution >= 4 is 22.5 Å². The third kappa shape index (κ3) is 4.17. The van der Waals surface area contributed by atoms with Crippen LogP contribution >= 0.6 is 0 Å². The van der Waals surface area contributed by atoms with Crippen molar-refractivity contribution in [1.82, 2.24) is 19.9 Å². The number of likely N-dealkylation sites (tertiary alicyclic amines) is 1. The lowest BCUT2D eigenvalue weighted by molar-refractivity contribution is -0.120. The normalized spacial score (nSPS) is 18.3. The number of amides is 1. The first-order valence-electron chi connectivity index (χ1n) is 10.9. The molecule has 5 rings (SSSR count). The molecule has 1 aliphatic carbocycles. The summed E-state index contributed by atoms with van der Waals surface area (Å²) in [6, 6.07) is 1.94. The van der Waals surface area contributed by atoms with E-state index in [0.717, 1.165) is 42.0 Å². The van der Waals surface area contributed by atoms with Crippen LogP contribution in [0.3, 0.4) is 0 Å². The number of hydrogen-bond acceptors (Lipinski definition) is 6. The van der Waals surface area contributed by atoms with Crippen LogP contribution in [0.1, 0.15) is 43.6 Å². The molecule has 1 N–H and O–H groups in total. The van der Waals surface area contributed by atoms with Crippen molar-refractivity contribution in [3.05, 3.63) is 36.1 Å². The number of anilines is 1. The minimum Gasteiger partial charge on any atom is -0.439 e. The third-order valence-corrected chi connectivity index (χ3v) is 6.26. The van der Waals surface area contributed by atoms with Crippen LogP contribution in [0.5, 0.6) is 0 Å². The number of pyridine rings is 2. The summed E-state index contributed by atoms with van der Waals surface area (Å²) in [6.07, 6.45) is 9.55. The second-order valence-electron chi connectivity index (χ2n) is 8.60. The number of fused-ring (bicyclic) bond motifs is 1. The number of alkyl halides is 1. The molecule has 0 aromatic carbocycles. The summed E-state index contributed by atoms with van der Waals surface area (Å²) in [5.74, 6) is 1.77. The fraction of sp³-hybridized carbons (Fsp3) is 0.478. The molecule has 0 radical (unpaired) electrons. The van der Waals surface area contributed by atoms with Gasteiger partial charge < -0.3 is 9.73 Å². The maximum Gasteiger partial charge on any atom is 0.228 e. The summed E-state index contributed by atoms with van der Waals surface area (Å²) in [4.78, 5) is 28.1. The Hall–Kier alpha value is -2.87. The monoisotopic (exact) mass is 423 g/mol. The highest BCUT2D eigenvalue weighted by Crippen LogP contribution is 2.31. The molecule has 7 nitrogen and oxygen atoms in total. The predicted octanol–water partition coefficient (Wildman–Crippen LogP) is 4.27. The van der Waals surface area contributed by atoms with E-state index in [9.17, 15) is 9.18 Å². The van der Waals surface area contributed by atoms with Gasteiger partial charge in [0.1, 0.15) is 17.7 Å². The van der Waals surface area contributed by atoms with Gasteiger partial charge in [0.15, 0.2) is 11.7 Å². The first kappa shape index (κ1) is 20.1. The summed E-state index contributed by atoms with van der Waals surface area (Å²) < 4.78 is 19.1. The van der Waals surface area contributed by atoms with Crippen molar-refractivity contribution in [3.63, 3.8) is 0 Å². The number of rotatable bonds is 5. The number of hydrogen-bond donors (Lipinski definition) is 1. The molecule has 2 fully saturated rings. The van der Waals surface area contributed by atoms with Crippen LogP contribution in [0.15, 0.2) is 29.1 Å². The first-order valence-corrected chi connectivity index (χ1v) is 10.9. The van der Waals surface area contributed by atoms with Crippen molar-refractivity contribution < 1.29 is 13.6 Å². The van der Waals surface area contributed by atoms with Crippen molar-refractivity contribution in [2.24, 2.45) is 5.92 Å². The van der Waals surface area contributed by atoms with Crippen LogP contribution in [0, 0.1) is 12.8 Å². The molecule has 0 atom stereocenters. The Kier molecular flexibility index (Phi) is 5.40. The number of halogens is 1. The molecule has 3 aromatic heterocycles. The maximum absolute atomic E-state index is 13.5. The fourth-order valence-corrected chi connectivity index (χ4v) is 4.50. The molecule has 2 aliphatic rings. The minimum atomic E-state index is -0.794. The Morgan fingerprint density at radius 3 is 2.65 bits per heavy atom. The molecule has 0 spiro atoms. The van der Waals surface area contributed by atoms with Crippen LogP contribution in [0.4, 0.5) is 10.2 Å². The largest absolute Gasteiger partial charge is 0.439 e. The zero-order chi connectivity index (χ0) is 21.4. The minimum absolute atomic E-state index is 0.0277. The molecule has 31 heavy (non-hydrogen) atoms. The Labute approximate surface area is 180 Å². The molecule has 1 saturated heterocycles. The lowest BCUT2D eigenvalue weighted by Gasteiger charge is -2.35. The Bertz CT molecular complexity index is 1100. The van der Waals surface area contributed by atoms with Gasteiger partial charge in [-0.3, -0.25) is 14.7 Å². The van der Waals surface area contributed by atoms with E-state index in [-0.39, 0.29) is 11.8 Å². The van der Waals surface area contributed by atoms with Crippen LogP contribution in [0.2, 0.25) is 0 Å². The fourth-order valence-electron chi connectivity index (χ4n) is 4.50. The van der Waals surface area contributed by atoms with Crippen LogP contribution < -0.4 is 5.32 Å². The molecular formula is C23H26FN5O2. The van der Waals surface area contributed by atoms with Gasteiger partial charge >= 0.3 is 0 Å². The van der Waals surface area contributed by atoms with Crippen molar-refractivity contribution in [3.8, 4) is 11.5 Å². The predicted molar refractivity (Wildman–Crippen MR) is 115 cm³/mol. The average Bonchev–Trinajstić information content (AvgIpc) is 3.20. The van der Waals surface area contributed by atoms with Gasteiger partial charge in [-0.05, 0) is 24.3 Å². The molecule has 0 bridgehead atoms. The molecule has 1 saturated carbocycles. The molecule has 3 aromatic rings. The van der Waals surface area contributed by atoms with Crippen molar-refractivity contribution in [1.29, 1.82) is 0 Å². The van der Waals surface area contributed by atoms with Gasteiger partial charge in [-0.25, -0.2) is 14.4 Å². The number of aromatic nitrogens is 3. The van der Waals surface area contributed by atoms with Gasteiger partial charge in [-0.2, -0.15) is 0 Å². The van der Waals surface area contributed by atoms with Gasteiger partial charge in [-0.1, -0.05) is 19.3 Å². The van der Waals surface area contributed by atoms with E-state index in [2.05, 4.69) is 20.3 Å². The van der Waals surface area contributed by atoms with Gasteiger partial charge in [0.25, 0.3) is 0 Å². The number of nitrogens with zero attached hydrogens (tertiary/aromatic N) is 4. The second-order valence-corrected chi connectivity index (χ2v) is 8.60. The first-order chi connectivity index (χ1) is 15.1. The lowest BCUT2D eigenvalue weighted by atomic mass is 9.88. The third-order valence-electron chi connectivity index (χ3n) is 6.26. The highest BCUT2D eigenvalue weighted by Gasteiger charge is 2.29. The Morgan fingerprint density at radius 2 is 1.94 bits per heavy atom. The maximum atomic E-state index is 13.5. The number of carbonyl (C=O) groups is 1. The number of aryl methyl sites for hydroxylation is 1. The van der Waals surface area contributed by atoms with Crippen LogP contribution in [0.25, 0.3) is 22.2 Å². The van der Waals surface area contributed by atoms with E-state index in [1.165, 1.54) is 6.42 Å². The quantitative estimate of drug-likeness (QED) is 0.660. The zero-order valence-corrected chi connectivity index (χ0v) is 17.6. The highest BCUT2D eigenvalue weighted by molar-refractivity contribution is 5.97. The number of nitrogens with one attached hydrogen (secondary N) is 1. The summed E-state index contributed by atoms with van der Waals surface area (Å²) in [6.45, 7) is 3.09. The number of carbonyl (C=O) groups excluding carboxylic acids is 1. The SMILES string of the molecule is Cc1ncc(-c2cc3c(CN4CC(F)C4)c(NC(=O)C4CCCCC4)ncc3cn2)o1. The molecular weight excluding hydrogens is 397 g/mol. The highest BCUT2D eigenvalue weighted by atomic mass is 19.1. The molecule has 4 heterocycles. The molecule has 162 valence electrons. The van der Waals surface area contributed by atoms with E-state index in [0.29, 0.717) is 42.8 Å². The summed E-state index contributed by atoms with van der Waals surface area (Å²) in [7, 11) is 0. The smallest absolute Gasteiger partial charge is 0.228 e. The molecule has 0 unspecified atom stereocenters. The van der Waals surface area contributed by atoms with Gasteiger partial charge in [-0.15, -0.1) is 0 Å². The Morgan fingerprint density at radius 1 is 1.16 bits per heavy atom. The topological polar surface area (TPSA) is 84.2 Å². The summed E-state index contributed by atoms with van der Waals surface area (Å²) in [5, 5.41) is 4.86. The van der Waals surface area contributed by atoms with E-state index < -0.39 is 6.17 Å². The zero-order valence-electron chi connectivity index (χ0n) is 17.6. The van der Waals surface area contributed by atoms with Crippen molar-refractivity contribution in [2.75, 3.05) is 18.4 Å². The van der Waals surface area contributed by atoms with E-state index >= 15 is 0 Å². The standard InChI is InChI=1S/C23H26FN5O2/c1-14-25-10-21(31-14)20-7-18-16(8-26-20)9-27-22(19(18)13-29-11-17(24)12-29)28-23(30)15-5-3-2-4-6-15/h7-10,15,17H,2-6,11-13H2,1H3,(H,27,28,30). The molecule has 1 aliphatic heterocycles. The van der Waals surface area contributed by atoms with E-state index in [1.807, 2.05) is 11.0 Å². The average molecular weight is 423 g/mol.